The number of ether oxygens (including phenoxy) is 1. The van der Waals surface area contributed by atoms with Crippen molar-refractivity contribution in [3.05, 3.63) is 23.8 Å². The molecule has 1 atom stereocenters. The molecule has 140 valence electrons. The molecule has 1 amide bonds. The van der Waals surface area contributed by atoms with Crippen LogP contribution in [-0.2, 0) is 9.53 Å². The molecule has 3 rings (SSSR count). The number of nitrogens with zero attached hydrogens (tertiary/aromatic N) is 3. The largest absolute Gasteiger partial charge is 0.375 e. The lowest BCUT2D eigenvalue weighted by molar-refractivity contribution is -0.135. The zero-order valence-electron chi connectivity index (χ0n) is 15.7. The van der Waals surface area contributed by atoms with Crippen LogP contribution in [0.15, 0.2) is 23.8 Å². The Hall–Kier alpha value is -1.17. The summed E-state index contributed by atoms with van der Waals surface area (Å²) in [6.07, 6.45) is 13.4. The van der Waals surface area contributed by atoms with E-state index < -0.39 is 0 Å². The van der Waals surface area contributed by atoms with Crippen LogP contribution in [-0.4, -0.2) is 86.2 Å². The van der Waals surface area contributed by atoms with Gasteiger partial charge in [-0.2, -0.15) is 0 Å². The third-order valence-electron chi connectivity index (χ3n) is 5.67. The van der Waals surface area contributed by atoms with Crippen molar-refractivity contribution in [2.75, 3.05) is 59.5 Å². The Bertz CT molecular complexity index is 503. The average Bonchev–Trinajstić information content (AvgIpc) is 2.89. The van der Waals surface area contributed by atoms with Crippen molar-refractivity contribution in [1.29, 1.82) is 0 Å². The van der Waals surface area contributed by atoms with Crippen LogP contribution in [0.5, 0.6) is 0 Å². The molecular formula is C20H33N3O2. The van der Waals surface area contributed by atoms with Crippen LogP contribution in [0.3, 0.4) is 0 Å². The molecule has 0 radical (unpaired) electrons. The fraction of sp³-hybridized carbons (Fsp3) is 0.750. The number of allylic oxidation sites excluding steroid dienone is 1. The van der Waals surface area contributed by atoms with E-state index in [1.807, 2.05) is 4.90 Å². The zero-order chi connectivity index (χ0) is 17.5. The van der Waals surface area contributed by atoms with E-state index >= 15 is 0 Å². The highest BCUT2D eigenvalue weighted by atomic mass is 16.5. The molecule has 0 N–H and O–H groups in total. The first-order chi connectivity index (χ1) is 12.3. The quantitative estimate of drug-likeness (QED) is 0.712. The van der Waals surface area contributed by atoms with Gasteiger partial charge in [0.05, 0.1) is 0 Å². The summed E-state index contributed by atoms with van der Waals surface area (Å²) in [4.78, 5) is 19.1. The summed E-state index contributed by atoms with van der Waals surface area (Å²) in [5.41, 5.74) is 1.58. The number of methoxy groups -OCH3 is 1. The monoisotopic (exact) mass is 347 g/mol. The number of carbonyl (C=O) groups is 1. The molecule has 0 aromatic carbocycles. The summed E-state index contributed by atoms with van der Waals surface area (Å²) in [6, 6.07) is 0.657. The van der Waals surface area contributed by atoms with Gasteiger partial charge in [-0.3, -0.25) is 14.6 Å². The average molecular weight is 348 g/mol. The second-order valence-corrected chi connectivity index (χ2v) is 7.48. The molecule has 0 aromatic rings. The van der Waals surface area contributed by atoms with Crippen LogP contribution in [0.25, 0.3) is 0 Å². The maximum absolute atomic E-state index is 12.0. The first-order valence-electron chi connectivity index (χ1n) is 9.84. The molecule has 3 aliphatic rings. The Labute approximate surface area is 152 Å². The van der Waals surface area contributed by atoms with Crippen molar-refractivity contribution in [3.8, 4) is 0 Å². The molecule has 25 heavy (non-hydrogen) atoms. The van der Waals surface area contributed by atoms with Gasteiger partial charge in [-0.1, -0.05) is 23.8 Å². The van der Waals surface area contributed by atoms with Crippen LogP contribution in [0.2, 0.25) is 0 Å². The molecule has 5 heteroatoms. The highest BCUT2D eigenvalue weighted by Gasteiger charge is 2.22. The van der Waals surface area contributed by atoms with Crippen molar-refractivity contribution in [2.45, 2.75) is 38.1 Å². The maximum atomic E-state index is 12.0. The van der Waals surface area contributed by atoms with Crippen LogP contribution < -0.4 is 0 Å². The molecule has 1 fully saturated rings. The molecule has 0 aromatic heterocycles. The highest BCUT2D eigenvalue weighted by molar-refractivity contribution is 5.77. The molecule has 1 saturated heterocycles. The lowest BCUT2D eigenvalue weighted by atomic mass is 9.98. The number of carbonyl (C=O) groups excluding carboxylic acids is 1. The molecule has 0 saturated carbocycles. The molecular weight excluding hydrogens is 314 g/mol. The van der Waals surface area contributed by atoms with E-state index in [-0.39, 0.29) is 12.5 Å². The summed E-state index contributed by atoms with van der Waals surface area (Å²) in [5, 5.41) is 0. The van der Waals surface area contributed by atoms with Crippen LogP contribution in [0, 0.1) is 0 Å². The van der Waals surface area contributed by atoms with Crippen LogP contribution >= 0.6 is 0 Å². The molecule has 0 bridgehead atoms. The van der Waals surface area contributed by atoms with Crippen molar-refractivity contribution in [3.63, 3.8) is 0 Å². The number of hydrogen-bond acceptors (Lipinski definition) is 4. The van der Waals surface area contributed by atoms with Gasteiger partial charge in [0, 0.05) is 59.0 Å². The minimum Gasteiger partial charge on any atom is -0.375 e. The Kier molecular flexibility index (Phi) is 7.08. The minimum absolute atomic E-state index is 0.123. The molecule has 1 aliphatic carbocycles. The van der Waals surface area contributed by atoms with Crippen molar-refractivity contribution < 1.29 is 9.53 Å². The normalized spacial score (nSPS) is 26.4. The lowest BCUT2D eigenvalue weighted by Gasteiger charge is -2.34. The van der Waals surface area contributed by atoms with Gasteiger partial charge in [0.2, 0.25) is 5.91 Å². The van der Waals surface area contributed by atoms with Crippen molar-refractivity contribution in [1.82, 2.24) is 14.7 Å². The number of rotatable bonds is 5. The topological polar surface area (TPSA) is 36.0 Å². The third-order valence-corrected chi connectivity index (χ3v) is 5.67. The van der Waals surface area contributed by atoms with Gasteiger partial charge in [-0.25, -0.2) is 0 Å². The van der Waals surface area contributed by atoms with Gasteiger partial charge in [0.15, 0.2) is 0 Å². The molecule has 2 aliphatic heterocycles. The lowest BCUT2D eigenvalue weighted by Crippen LogP contribution is -2.40. The smallest absolute Gasteiger partial charge is 0.248 e. The third kappa shape index (κ3) is 5.40. The maximum Gasteiger partial charge on any atom is 0.248 e. The number of amides is 1. The zero-order valence-corrected chi connectivity index (χ0v) is 15.7. The van der Waals surface area contributed by atoms with E-state index in [1.54, 1.807) is 12.7 Å². The summed E-state index contributed by atoms with van der Waals surface area (Å²) in [6.45, 7) is 7.31. The van der Waals surface area contributed by atoms with E-state index in [0.29, 0.717) is 6.04 Å². The Morgan fingerprint density at radius 1 is 1.20 bits per heavy atom. The summed E-state index contributed by atoms with van der Waals surface area (Å²) >= 11 is 0. The number of hydrogen-bond donors (Lipinski definition) is 0. The fourth-order valence-corrected chi connectivity index (χ4v) is 4.15. The fourth-order valence-electron chi connectivity index (χ4n) is 4.15. The van der Waals surface area contributed by atoms with Gasteiger partial charge in [-0.05, 0) is 32.1 Å². The minimum atomic E-state index is 0.123. The van der Waals surface area contributed by atoms with Crippen LogP contribution in [0.4, 0.5) is 0 Å². The first-order valence-corrected chi connectivity index (χ1v) is 9.84. The van der Waals surface area contributed by atoms with E-state index in [2.05, 4.69) is 28.0 Å². The Morgan fingerprint density at radius 3 is 2.84 bits per heavy atom. The van der Waals surface area contributed by atoms with Gasteiger partial charge >= 0.3 is 0 Å². The van der Waals surface area contributed by atoms with Crippen molar-refractivity contribution in [2.24, 2.45) is 0 Å². The molecule has 5 nitrogen and oxygen atoms in total. The van der Waals surface area contributed by atoms with E-state index in [9.17, 15) is 4.79 Å². The van der Waals surface area contributed by atoms with E-state index in [1.165, 1.54) is 32.2 Å². The van der Waals surface area contributed by atoms with E-state index in [0.717, 1.165) is 45.7 Å². The van der Waals surface area contributed by atoms with Crippen LogP contribution in [0.1, 0.15) is 32.1 Å². The Morgan fingerprint density at radius 2 is 2.12 bits per heavy atom. The summed E-state index contributed by atoms with van der Waals surface area (Å²) in [7, 11) is 1.59. The second-order valence-electron chi connectivity index (χ2n) is 7.48. The second kappa shape index (κ2) is 9.51. The molecule has 2 heterocycles. The van der Waals surface area contributed by atoms with E-state index in [4.69, 9.17) is 4.74 Å². The highest BCUT2D eigenvalue weighted by Crippen LogP contribution is 2.21. The van der Waals surface area contributed by atoms with Gasteiger partial charge < -0.3 is 9.64 Å². The Balaban J connectivity index is 1.45. The summed E-state index contributed by atoms with van der Waals surface area (Å²) in [5.74, 6) is 0.123. The SMILES string of the molecule is COCC(=O)N1CCCN(CC2=CCN([C@H]3C=CCCC3)CC2)CC1. The van der Waals surface area contributed by atoms with Crippen molar-refractivity contribution >= 4 is 5.91 Å². The van der Waals surface area contributed by atoms with Gasteiger partial charge in [0.25, 0.3) is 0 Å². The van der Waals surface area contributed by atoms with Gasteiger partial charge in [0.1, 0.15) is 6.61 Å². The summed E-state index contributed by atoms with van der Waals surface area (Å²) < 4.78 is 4.98. The first kappa shape index (κ1) is 18.6. The predicted octanol–water partition coefficient (Wildman–Crippen LogP) is 1.91. The molecule has 0 spiro atoms. The van der Waals surface area contributed by atoms with Gasteiger partial charge in [-0.15, -0.1) is 0 Å². The standard InChI is InChI=1S/C20H33N3O2/c1-25-17-20(24)23-11-5-10-21(14-15-23)16-18-8-12-22(13-9-18)19-6-3-2-4-7-19/h3,6,8,19H,2,4-5,7,9-17H2,1H3/t19-/m0/s1. The predicted molar refractivity (Wildman–Crippen MR) is 101 cm³/mol. The molecule has 0 unspecified atom stereocenters.